The Morgan fingerprint density at radius 1 is 1.02 bits per heavy atom. The number of pyridine rings is 1. The second-order valence-corrected chi connectivity index (χ2v) is 11.0. The molecule has 0 atom stereocenters. The SMILES string of the molecule is COc1ccc(-c2nc(C(=O)NCCOc3no[n+]([O-])c3S(=O)(=O)c3ccccc3)cc3c2[nH]c2ccccc23)cc1. The summed E-state index contributed by atoms with van der Waals surface area (Å²) in [6.07, 6.45) is 0. The lowest BCUT2D eigenvalue weighted by atomic mass is 10.1. The number of para-hydroxylation sites is 1. The van der Waals surface area contributed by atoms with E-state index in [9.17, 15) is 18.4 Å². The summed E-state index contributed by atoms with van der Waals surface area (Å²) in [7, 11) is -2.68. The Bertz CT molecular complexity index is 2020. The molecule has 0 saturated heterocycles. The zero-order valence-electron chi connectivity index (χ0n) is 22.1. The predicted octanol–water partition coefficient (Wildman–Crippen LogP) is 3.65. The van der Waals surface area contributed by atoms with Crippen molar-refractivity contribution < 1.29 is 32.2 Å². The van der Waals surface area contributed by atoms with E-state index in [2.05, 4.69) is 25.1 Å². The van der Waals surface area contributed by atoms with Gasteiger partial charge in [-0.25, -0.2) is 13.4 Å². The van der Waals surface area contributed by atoms with Crippen LogP contribution in [0.15, 0.2) is 99.5 Å². The van der Waals surface area contributed by atoms with Gasteiger partial charge in [-0.15, -0.1) is 0 Å². The Kier molecular flexibility index (Phi) is 6.92. The number of ether oxygens (including phenoxy) is 2. The number of sulfone groups is 1. The van der Waals surface area contributed by atoms with Crippen LogP contribution in [0.25, 0.3) is 33.1 Å². The summed E-state index contributed by atoms with van der Waals surface area (Å²) in [5.74, 6) is -0.296. The number of H-pyrrole nitrogens is 1. The third-order valence-corrected chi connectivity index (χ3v) is 8.30. The van der Waals surface area contributed by atoms with E-state index in [1.807, 2.05) is 48.5 Å². The molecule has 6 rings (SSSR count). The third kappa shape index (κ3) is 4.86. The molecule has 2 N–H and O–H groups in total. The van der Waals surface area contributed by atoms with Crippen LogP contribution in [-0.4, -0.2) is 49.7 Å². The Hall–Kier alpha value is -5.43. The van der Waals surface area contributed by atoms with Crippen LogP contribution < -0.4 is 19.7 Å². The lowest BCUT2D eigenvalue weighted by molar-refractivity contribution is -0.832. The first kappa shape index (κ1) is 26.8. The van der Waals surface area contributed by atoms with Gasteiger partial charge in [0, 0.05) is 21.9 Å². The first-order valence-corrected chi connectivity index (χ1v) is 14.2. The summed E-state index contributed by atoms with van der Waals surface area (Å²) in [5, 5.41) is 19.2. The minimum atomic E-state index is -4.26. The maximum absolute atomic E-state index is 13.2. The summed E-state index contributed by atoms with van der Waals surface area (Å²) in [5.41, 5.74) is 3.23. The van der Waals surface area contributed by atoms with Crippen molar-refractivity contribution >= 4 is 37.6 Å². The predicted molar refractivity (Wildman–Crippen MR) is 151 cm³/mol. The zero-order valence-corrected chi connectivity index (χ0v) is 22.9. The highest BCUT2D eigenvalue weighted by molar-refractivity contribution is 7.91. The minimum Gasteiger partial charge on any atom is -0.497 e. The summed E-state index contributed by atoms with van der Waals surface area (Å²) in [4.78, 5) is 20.9. The molecule has 3 aromatic carbocycles. The number of benzene rings is 3. The molecule has 0 aliphatic carbocycles. The number of hydrogen-bond acceptors (Lipinski definition) is 9. The molecule has 42 heavy (non-hydrogen) atoms. The molecule has 0 aliphatic heterocycles. The van der Waals surface area contributed by atoms with E-state index in [-0.39, 0.29) is 28.6 Å². The second kappa shape index (κ2) is 10.9. The van der Waals surface area contributed by atoms with E-state index in [0.29, 0.717) is 11.4 Å². The number of methoxy groups -OCH3 is 1. The van der Waals surface area contributed by atoms with Crippen LogP contribution in [0, 0.1) is 5.21 Å². The molecule has 12 nitrogen and oxygen atoms in total. The molecule has 0 spiro atoms. The molecule has 3 heterocycles. The summed E-state index contributed by atoms with van der Waals surface area (Å²) >= 11 is 0. The minimum absolute atomic E-state index is 0.0408. The quantitative estimate of drug-likeness (QED) is 0.190. The van der Waals surface area contributed by atoms with Crippen molar-refractivity contribution in [1.82, 2.24) is 20.4 Å². The van der Waals surface area contributed by atoms with Gasteiger partial charge >= 0.3 is 10.9 Å². The van der Waals surface area contributed by atoms with E-state index in [1.54, 1.807) is 19.2 Å². The van der Waals surface area contributed by atoms with Gasteiger partial charge in [-0.05, 0) is 53.4 Å². The molecule has 0 unspecified atom stereocenters. The number of fused-ring (bicyclic) bond motifs is 3. The maximum Gasteiger partial charge on any atom is 0.415 e. The Labute approximate surface area is 239 Å². The van der Waals surface area contributed by atoms with Crippen molar-refractivity contribution in [3.05, 3.63) is 95.8 Å². The van der Waals surface area contributed by atoms with Crippen molar-refractivity contribution in [2.75, 3.05) is 20.3 Å². The average molecular weight is 586 g/mol. The molecule has 1 amide bonds. The van der Waals surface area contributed by atoms with Crippen molar-refractivity contribution in [1.29, 1.82) is 0 Å². The Morgan fingerprint density at radius 3 is 2.52 bits per heavy atom. The van der Waals surface area contributed by atoms with Gasteiger partial charge in [0.15, 0.2) is 0 Å². The fourth-order valence-electron chi connectivity index (χ4n) is 4.56. The van der Waals surface area contributed by atoms with Crippen molar-refractivity contribution in [2.45, 2.75) is 9.92 Å². The van der Waals surface area contributed by atoms with Gasteiger partial charge in [-0.1, -0.05) is 36.4 Å². The number of aromatic nitrogens is 4. The molecule has 0 radical (unpaired) electrons. The molecule has 0 aliphatic rings. The normalized spacial score (nSPS) is 11.5. The second-order valence-electron chi connectivity index (χ2n) is 9.14. The molecule has 0 bridgehead atoms. The highest BCUT2D eigenvalue weighted by Gasteiger charge is 2.35. The fourth-order valence-corrected chi connectivity index (χ4v) is 5.86. The topological polar surface area (TPSA) is 163 Å². The van der Waals surface area contributed by atoms with E-state index in [1.165, 1.54) is 24.3 Å². The van der Waals surface area contributed by atoms with Crippen LogP contribution in [0.3, 0.4) is 0 Å². The van der Waals surface area contributed by atoms with Gasteiger partial charge in [0.25, 0.3) is 15.7 Å². The average Bonchev–Trinajstić information content (AvgIpc) is 3.59. The van der Waals surface area contributed by atoms with E-state index in [0.717, 1.165) is 27.4 Å². The van der Waals surface area contributed by atoms with Crippen molar-refractivity contribution in [3.8, 4) is 22.9 Å². The standard InChI is InChI=1S/C29H23N5O7S/c1-39-19-13-11-18(12-14-19)25-26-22(21-9-5-6-10-23(21)31-26)17-24(32-25)27(35)30-15-16-40-28-29(34(36)41-33-28)42(37,38)20-7-3-2-4-8-20/h2-14,17,31H,15-16H2,1H3,(H,30,35). The maximum atomic E-state index is 13.2. The molecule has 212 valence electrons. The summed E-state index contributed by atoms with van der Waals surface area (Å²) < 4.78 is 41.1. The van der Waals surface area contributed by atoms with Gasteiger partial charge in [0.2, 0.25) is 0 Å². The van der Waals surface area contributed by atoms with E-state index in [4.69, 9.17) is 9.47 Å². The van der Waals surface area contributed by atoms with Gasteiger partial charge in [0.1, 0.15) is 18.1 Å². The van der Waals surface area contributed by atoms with E-state index >= 15 is 0 Å². The van der Waals surface area contributed by atoms with Crippen molar-refractivity contribution in [2.24, 2.45) is 0 Å². The number of carbonyl (C=O) groups excluding carboxylic acids is 1. The molecule has 13 heteroatoms. The van der Waals surface area contributed by atoms with Crippen LogP contribution in [0.1, 0.15) is 10.5 Å². The van der Waals surface area contributed by atoms with Crippen LogP contribution in [-0.2, 0) is 9.84 Å². The number of hydrogen-bond donors (Lipinski definition) is 2. The van der Waals surface area contributed by atoms with E-state index < -0.39 is 26.7 Å². The van der Waals surface area contributed by atoms with Crippen LogP contribution >= 0.6 is 0 Å². The molecule has 6 aromatic rings. The summed E-state index contributed by atoms with van der Waals surface area (Å²) in [6.45, 7) is -0.239. The Balaban J connectivity index is 1.23. The van der Waals surface area contributed by atoms with Gasteiger partial charge in [-0.2, -0.15) is 0 Å². The highest BCUT2D eigenvalue weighted by atomic mass is 32.2. The lowest BCUT2D eigenvalue weighted by Gasteiger charge is -2.09. The monoisotopic (exact) mass is 585 g/mol. The van der Waals surface area contributed by atoms with Crippen molar-refractivity contribution in [3.63, 3.8) is 0 Å². The van der Waals surface area contributed by atoms with Crippen LogP contribution in [0.5, 0.6) is 11.6 Å². The highest BCUT2D eigenvalue weighted by Crippen LogP contribution is 2.33. The molecular weight excluding hydrogens is 562 g/mol. The van der Waals surface area contributed by atoms with Crippen LogP contribution in [0.4, 0.5) is 0 Å². The number of rotatable bonds is 9. The van der Waals surface area contributed by atoms with Crippen LogP contribution in [0.2, 0.25) is 0 Å². The summed E-state index contributed by atoms with van der Waals surface area (Å²) in [6, 6.07) is 24.2. The number of nitrogens with one attached hydrogen (secondary N) is 2. The van der Waals surface area contributed by atoms with Gasteiger partial charge in [-0.3, -0.25) is 9.42 Å². The number of nitrogens with zero attached hydrogens (tertiary/aromatic N) is 3. The first-order valence-electron chi connectivity index (χ1n) is 12.7. The first-order chi connectivity index (χ1) is 20.4. The molecular formula is C29H23N5O7S. The number of aromatic amines is 1. The lowest BCUT2D eigenvalue weighted by Crippen LogP contribution is -2.32. The molecule has 0 saturated carbocycles. The number of amides is 1. The fraction of sp³-hybridized carbons (Fsp3) is 0.103. The molecule has 0 fully saturated rings. The van der Waals surface area contributed by atoms with Gasteiger partial charge < -0.3 is 25.0 Å². The molecule has 3 aromatic heterocycles. The zero-order chi connectivity index (χ0) is 29.3. The largest absolute Gasteiger partial charge is 0.497 e. The third-order valence-electron chi connectivity index (χ3n) is 6.57. The Morgan fingerprint density at radius 2 is 1.76 bits per heavy atom. The number of carbonyl (C=O) groups is 1. The smallest absolute Gasteiger partial charge is 0.415 e. The van der Waals surface area contributed by atoms with Gasteiger partial charge in [0.05, 0.1) is 34.9 Å².